The van der Waals surface area contributed by atoms with Crippen LogP contribution in [0.2, 0.25) is 10.0 Å². The van der Waals surface area contributed by atoms with Crippen LogP contribution >= 0.6 is 34.5 Å². The quantitative estimate of drug-likeness (QED) is 0.381. The van der Waals surface area contributed by atoms with Crippen molar-refractivity contribution in [1.82, 2.24) is 19.9 Å². The number of aliphatic hydroxyl groups is 1. The molecule has 3 N–H and O–H groups in total. The van der Waals surface area contributed by atoms with Gasteiger partial charge in [0.05, 0.1) is 20.5 Å². The molecule has 1 aliphatic heterocycles. The topological polar surface area (TPSA) is 129 Å². The third kappa shape index (κ3) is 7.65. The van der Waals surface area contributed by atoms with Gasteiger partial charge in [0.1, 0.15) is 16.6 Å². The molecule has 0 aliphatic carbocycles. The van der Waals surface area contributed by atoms with Gasteiger partial charge in [-0.05, 0) is 45.6 Å². The molecule has 1 aliphatic rings. The van der Waals surface area contributed by atoms with Crippen molar-refractivity contribution >= 4 is 56.4 Å². The predicted molar refractivity (Wildman–Crippen MR) is 146 cm³/mol. The zero-order valence-electron chi connectivity index (χ0n) is 22.0. The van der Waals surface area contributed by atoms with Gasteiger partial charge < -0.3 is 15.3 Å². The Labute approximate surface area is 244 Å². The van der Waals surface area contributed by atoms with Crippen LogP contribution in [-0.4, -0.2) is 72.7 Å². The zero-order valence-corrected chi connectivity index (χ0v) is 25.2. The summed E-state index contributed by atoms with van der Waals surface area (Å²) in [5, 5.41) is 11.5. The average Bonchev–Trinajstić information content (AvgIpc) is 3.28. The monoisotopic (exact) mass is 644 g/mol. The minimum Gasteiger partial charge on any atom is -0.389 e. The van der Waals surface area contributed by atoms with Gasteiger partial charge in [-0.3, -0.25) is 9.59 Å². The fraction of sp³-hybridized carbons (Fsp3) is 0.542. The Morgan fingerprint density at radius 1 is 1.20 bits per heavy atom. The molecular formula is C24H29Cl2F3N4O5S2. The molecular weight excluding hydrogens is 616 g/mol. The van der Waals surface area contributed by atoms with Crippen molar-refractivity contribution in [2.24, 2.45) is 5.92 Å². The van der Waals surface area contributed by atoms with Crippen LogP contribution in [0.1, 0.15) is 60.8 Å². The number of piperidine rings is 1. The fourth-order valence-electron chi connectivity index (χ4n) is 3.76. The molecule has 2 aromatic rings. The van der Waals surface area contributed by atoms with Gasteiger partial charge in [-0.15, -0.1) is 11.3 Å². The van der Waals surface area contributed by atoms with E-state index in [1.807, 2.05) is 0 Å². The van der Waals surface area contributed by atoms with Gasteiger partial charge in [0.2, 0.25) is 10.0 Å². The lowest BCUT2D eigenvalue weighted by Gasteiger charge is -2.30. The number of alkyl halides is 3. The minimum atomic E-state index is -4.84. The van der Waals surface area contributed by atoms with Crippen molar-refractivity contribution in [1.29, 1.82) is 0 Å². The normalized spacial score (nSPS) is 16.2. The smallest absolute Gasteiger partial charge is 0.389 e. The van der Waals surface area contributed by atoms with Crippen molar-refractivity contribution in [2.75, 3.05) is 19.6 Å². The summed E-state index contributed by atoms with van der Waals surface area (Å²) in [6, 6.07) is -0.225. The number of rotatable bonds is 8. The van der Waals surface area contributed by atoms with E-state index in [2.05, 4.69) is 17.2 Å². The lowest BCUT2D eigenvalue weighted by molar-refractivity contribution is -0.147. The van der Waals surface area contributed by atoms with Crippen LogP contribution in [0.4, 0.5) is 13.2 Å². The number of thiazole rings is 1. The van der Waals surface area contributed by atoms with Crippen LogP contribution in [0.15, 0.2) is 17.0 Å². The van der Waals surface area contributed by atoms with Crippen molar-refractivity contribution in [3.63, 3.8) is 0 Å². The molecule has 222 valence electrons. The Bertz CT molecular complexity index is 1390. The maximum Gasteiger partial charge on any atom is 0.404 e. The summed E-state index contributed by atoms with van der Waals surface area (Å²) < 4.78 is 65.8. The van der Waals surface area contributed by atoms with Gasteiger partial charge >= 0.3 is 6.18 Å². The lowest BCUT2D eigenvalue weighted by atomic mass is 9.99. The zero-order chi connectivity index (χ0) is 30.2. The number of sulfonamides is 1. The second kappa shape index (κ2) is 12.1. The number of benzene rings is 1. The van der Waals surface area contributed by atoms with Gasteiger partial charge in [0, 0.05) is 25.2 Å². The molecule has 0 saturated carbocycles. The molecule has 1 aromatic carbocycles. The number of carbonyl (C=O) groups excluding carboxylic acids is 2. The van der Waals surface area contributed by atoms with Gasteiger partial charge in [0.15, 0.2) is 5.01 Å². The van der Waals surface area contributed by atoms with E-state index < -0.39 is 49.6 Å². The molecule has 1 fully saturated rings. The van der Waals surface area contributed by atoms with Crippen molar-refractivity contribution in [2.45, 2.75) is 63.3 Å². The van der Waals surface area contributed by atoms with Crippen LogP contribution in [0.25, 0.3) is 10.4 Å². The first-order valence-electron chi connectivity index (χ1n) is 12.2. The molecule has 16 heteroatoms. The molecule has 1 atom stereocenters. The van der Waals surface area contributed by atoms with Crippen LogP contribution in [0.3, 0.4) is 0 Å². The SMILES string of the molecule is CC1CCN(C(=O)c2nc(C(=O)NCC(C)(C)O)sc2-c2ccc(S(=O)(=O)N[C@@H](C)C(F)(F)F)c(Cl)c2Cl)CC1. The molecule has 2 heterocycles. The van der Waals surface area contributed by atoms with E-state index in [9.17, 15) is 36.3 Å². The van der Waals surface area contributed by atoms with E-state index in [4.69, 9.17) is 23.2 Å². The molecule has 0 spiro atoms. The number of amides is 2. The summed E-state index contributed by atoms with van der Waals surface area (Å²) >= 11 is 13.5. The van der Waals surface area contributed by atoms with Crippen LogP contribution < -0.4 is 10.0 Å². The molecule has 3 rings (SSSR count). The molecule has 1 saturated heterocycles. The Morgan fingerprint density at radius 3 is 2.35 bits per heavy atom. The molecule has 9 nitrogen and oxygen atoms in total. The number of nitrogens with one attached hydrogen (secondary N) is 2. The van der Waals surface area contributed by atoms with E-state index >= 15 is 0 Å². The maximum absolute atomic E-state index is 13.5. The van der Waals surface area contributed by atoms with Crippen LogP contribution in [0.5, 0.6) is 0 Å². The molecule has 0 bridgehead atoms. The van der Waals surface area contributed by atoms with Gasteiger partial charge in [-0.25, -0.2) is 13.4 Å². The van der Waals surface area contributed by atoms with Crippen LogP contribution in [0, 0.1) is 5.92 Å². The number of nitrogens with zero attached hydrogens (tertiary/aromatic N) is 2. The van der Waals surface area contributed by atoms with E-state index in [0.717, 1.165) is 30.2 Å². The predicted octanol–water partition coefficient (Wildman–Crippen LogP) is 4.72. The van der Waals surface area contributed by atoms with E-state index in [1.54, 1.807) is 4.90 Å². The average molecular weight is 646 g/mol. The van der Waals surface area contributed by atoms with Gasteiger partial charge in [0.25, 0.3) is 11.8 Å². The van der Waals surface area contributed by atoms with Gasteiger partial charge in [-0.1, -0.05) is 36.2 Å². The summed E-state index contributed by atoms with van der Waals surface area (Å²) in [6.45, 7) is 6.53. The summed E-state index contributed by atoms with van der Waals surface area (Å²) in [6.07, 6.45) is -3.30. The Balaban J connectivity index is 2.06. The first-order chi connectivity index (χ1) is 18.3. The Hall–Kier alpha value is -1.97. The van der Waals surface area contributed by atoms with Crippen molar-refractivity contribution in [3.05, 3.63) is 32.9 Å². The third-order valence-corrected chi connectivity index (χ3v) is 9.84. The van der Waals surface area contributed by atoms with E-state index in [-0.39, 0.29) is 32.7 Å². The first-order valence-corrected chi connectivity index (χ1v) is 15.3. The summed E-state index contributed by atoms with van der Waals surface area (Å²) in [4.78, 5) is 31.6. The molecule has 0 unspecified atom stereocenters. The number of aromatic nitrogens is 1. The fourth-order valence-corrected chi connectivity index (χ4v) is 6.91. The van der Waals surface area contributed by atoms with Gasteiger partial charge in [-0.2, -0.15) is 17.9 Å². The lowest BCUT2D eigenvalue weighted by Crippen LogP contribution is -2.43. The Morgan fingerprint density at radius 2 is 1.80 bits per heavy atom. The number of likely N-dealkylation sites (tertiary alicyclic amines) is 1. The molecule has 2 amide bonds. The maximum atomic E-state index is 13.5. The highest BCUT2D eigenvalue weighted by molar-refractivity contribution is 7.89. The van der Waals surface area contributed by atoms with Crippen molar-refractivity contribution < 1.29 is 36.3 Å². The standard InChI is InChI=1S/C24H29Cl2F3N4O5S2/c1-12-7-9-33(10-8-12)22(35)18-19(39-21(31-18)20(34)30-11-23(3,4)36)14-5-6-15(17(26)16(14)25)40(37,38)32-13(2)24(27,28)29/h5-6,12-13,32,36H,7-11H2,1-4H3,(H,30,34)/t13-/m0/s1. The second-order valence-corrected chi connectivity index (χ2v) is 13.7. The summed E-state index contributed by atoms with van der Waals surface area (Å²) in [7, 11) is -4.73. The largest absolute Gasteiger partial charge is 0.404 e. The highest BCUT2D eigenvalue weighted by Crippen LogP contribution is 2.42. The van der Waals surface area contributed by atoms with E-state index in [0.29, 0.717) is 25.9 Å². The second-order valence-electron chi connectivity index (χ2n) is 10.3. The number of hydrogen-bond donors (Lipinski definition) is 3. The first kappa shape index (κ1) is 32.5. The highest BCUT2D eigenvalue weighted by atomic mass is 35.5. The van der Waals surface area contributed by atoms with Crippen LogP contribution in [-0.2, 0) is 10.0 Å². The minimum absolute atomic E-state index is 0.0715. The molecule has 1 aromatic heterocycles. The number of halogens is 5. The summed E-state index contributed by atoms with van der Waals surface area (Å²) in [5.41, 5.74) is -1.25. The highest BCUT2D eigenvalue weighted by Gasteiger charge is 2.40. The molecule has 0 radical (unpaired) electrons. The molecule has 40 heavy (non-hydrogen) atoms. The van der Waals surface area contributed by atoms with E-state index in [1.165, 1.54) is 24.6 Å². The van der Waals surface area contributed by atoms with Crippen molar-refractivity contribution in [3.8, 4) is 10.4 Å². The summed E-state index contributed by atoms with van der Waals surface area (Å²) in [5.74, 6) is -0.700. The number of hydrogen-bond acceptors (Lipinski definition) is 7. The third-order valence-electron chi connectivity index (χ3n) is 6.18. The Kier molecular flexibility index (Phi) is 9.84. The number of carbonyl (C=O) groups is 2.